The van der Waals surface area contributed by atoms with Crippen molar-refractivity contribution in [2.45, 2.75) is 19.9 Å². The summed E-state index contributed by atoms with van der Waals surface area (Å²) in [7, 11) is 0. The van der Waals surface area contributed by atoms with E-state index in [4.69, 9.17) is 0 Å². The molecule has 0 radical (unpaired) electrons. The smallest absolute Gasteiger partial charge is 0.259 e. The molecule has 1 aliphatic rings. The zero-order chi connectivity index (χ0) is 13.3. The Labute approximate surface area is 105 Å². The second-order valence-corrected chi connectivity index (χ2v) is 4.65. The summed E-state index contributed by atoms with van der Waals surface area (Å²) in [5, 5.41) is 12.7. The van der Waals surface area contributed by atoms with E-state index in [-0.39, 0.29) is 23.0 Å². The van der Waals surface area contributed by atoms with Crippen LogP contribution in [0.2, 0.25) is 0 Å². The second kappa shape index (κ2) is 4.64. The number of nitrogens with one attached hydrogen (secondary N) is 1. The Morgan fingerprint density at radius 3 is 2.33 bits per heavy atom. The number of aliphatic hydroxyl groups excluding tert-OH is 1. The SMILES string of the molecule is CC(C)C1NC(=O)/C(=C(/O)c2ccccc2)C1=O. The lowest BCUT2D eigenvalue weighted by molar-refractivity contribution is -0.117. The van der Waals surface area contributed by atoms with Crippen LogP contribution < -0.4 is 5.32 Å². The third-order valence-electron chi connectivity index (χ3n) is 2.99. The number of benzene rings is 1. The van der Waals surface area contributed by atoms with Crippen molar-refractivity contribution in [2.75, 3.05) is 0 Å². The highest BCUT2D eigenvalue weighted by atomic mass is 16.3. The van der Waals surface area contributed by atoms with Gasteiger partial charge >= 0.3 is 0 Å². The van der Waals surface area contributed by atoms with Crippen LogP contribution in [0.15, 0.2) is 35.9 Å². The first kappa shape index (κ1) is 12.4. The Bertz CT molecular complexity index is 517. The van der Waals surface area contributed by atoms with Gasteiger partial charge in [0.05, 0.1) is 6.04 Å². The monoisotopic (exact) mass is 245 g/mol. The molecule has 1 fully saturated rings. The van der Waals surface area contributed by atoms with E-state index in [1.54, 1.807) is 30.3 Å². The quantitative estimate of drug-likeness (QED) is 0.473. The standard InChI is InChI=1S/C14H15NO3/c1-8(2)11-13(17)10(14(18)15-11)12(16)9-6-4-3-5-7-9/h3-8,11,16H,1-2H3,(H,15,18)/b12-10+. The summed E-state index contributed by atoms with van der Waals surface area (Å²) in [6.07, 6.45) is 0. The molecule has 1 aliphatic heterocycles. The number of rotatable bonds is 2. The molecule has 4 nitrogen and oxygen atoms in total. The highest BCUT2D eigenvalue weighted by Crippen LogP contribution is 2.23. The number of ketones is 1. The summed E-state index contributed by atoms with van der Waals surface area (Å²) in [6.45, 7) is 3.71. The number of amides is 1. The fraction of sp³-hybridized carbons (Fsp3) is 0.286. The summed E-state index contributed by atoms with van der Waals surface area (Å²) in [5.74, 6) is -1.08. The molecule has 1 saturated heterocycles. The van der Waals surface area contributed by atoms with Gasteiger partial charge in [0.1, 0.15) is 11.3 Å². The van der Waals surface area contributed by atoms with Gasteiger partial charge in [-0.2, -0.15) is 0 Å². The van der Waals surface area contributed by atoms with Gasteiger partial charge in [-0.05, 0) is 5.92 Å². The van der Waals surface area contributed by atoms with Crippen molar-refractivity contribution in [1.82, 2.24) is 5.32 Å². The fourth-order valence-corrected chi connectivity index (χ4v) is 1.98. The van der Waals surface area contributed by atoms with Crippen LogP contribution in [-0.2, 0) is 9.59 Å². The zero-order valence-corrected chi connectivity index (χ0v) is 10.3. The van der Waals surface area contributed by atoms with Crippen molar-refractivity contribution in [3.8, 4) is 0 Å². The van der Waals surface area contributed by atoms with Crippen LogP contribution in [0.3, 0.4) is 0 Å². The van der Waals surface area contributed by atoms with E-state index in [0.29, 0.717) is 5.56 Å². The van der Waals surface area contributed by atoms with E-state index in [9.17, 15) is 14.7 Å². The van der Waals surface area contributed by atoms with Crippen LogP contribution >= 0.6 is 0 Å². The molecule has 2 rings (SSSR count). The highest BCUT2D eigenvalue weighted by molar-refractivity contribution is 6.30. The maximum Gasteiger partial charge on any atom is 0.259 e. The van der Waals surface area contributed by atoms with E-state index < -0.39 is 11.9 Å². The van der Waals surface area contributed by atoms with Gasteiger partial charge in [0.15, 0.2) is 5.78 Å². The second-order valence-electron chi connectivity index (χ2n) is 4.65. The first-order valence-corrected chi connectivity index (χ1v) is 5.86. The predicted molar refractivity (Wildman–Crippen MR) is 67.8 cm³/mol. The Kier molecular flexibility index (Phi) is 3.19. The maximum absolute atomic E-state index is 12.1. The topological polar surface area (TPSA) is 66.4 Å². The Morgan fingerprint density at radius 2 is 1.83 bits per heavy atom. The first-order chi connectivity index (χ1) is 8.52. The number of carbonyl (C=O) groups excluding carboxylic acids is 2. The zero-order valence-electron chi connectivity index (χ0n) is 10.3. The lowest BCUT2D eigenvalue weighted by atomic mass is 9.97. The van der Waals surface area contributed by atoms with Crippen molar-refractivity contribution >= 4 is 17.4 Å². The Morgan fingerprint density at radius 1 is 1.22 bits per heavy atom. The average Bonchev–Trinajstić information content (AvgIpc) is 2.65. The summed E-state index contributed by atoms with van der Waals surface area (Å²) in [5.41, 5.74) is 0.334. The molecule has 1 heterocycles. The molecule has 1 atom stereocenters. The molecule has 1 amide bonds. The van der Waals surface area contributed by atoms with Crippen molar-refractivity contribution in [3.63, 3.8) is 0 Å². The molecule has 1 unspecified atom stereocenters. The molecule has 18 heavy (non-hydrogen) atoms. The fourth-order valence-electron chi connectivity index (χ4n) is 1.98. The molecule has 0 bridgehead atoms. The van der Waals surface area contributed by atoms with Crippen molar-refractivity contribution < 1.29 is 14.7 Å². The minimum Gasteiger partial charge on any atom is -0.506 e. The van der Waals surface area contributed by atoms with Gasteiger partial charge in [-0.1, -0.05) is 44.2 Å². The van der Waals surface area contributed by atoms with Gasteiger partial charge in [0.2, 0.25) is 0 Å². The van der Waals surface area contributed by atoms with Crippen molar-refractivity contribution in [3.05, 3.63) is 41.5 Å². The van der Waals surface area contributed by atoms with E-state index in [1.807, 2.05) is 13.8 Å². The normalized spacial score (nSPS) is 22.3. The first-order valence-electron chi connectivity index (χ1n) is 5.86. The highest BCUT2D eigenvalue weighted by Gasteiger charge is 2.39. The molecular formula is C14H15NO3. The number of hydrogen-bond acceptors (Lipinski definition) is 3. The van der Waals surface area contributed by atoms with Crippen LogP contribution in [0, 0.1) is 5.92 Å². The van der Waals surface area contributed by atoms with Gasteiger partial charge < -0.3 is 10.4 Å². The van der Waals surface area contributed by atoms with E-state index in [0.717, 1.165) is 0 Å². The van der Waals surface area contributed by atoms with Gasteiger partial charge in [-0.25, -0.2) is 0 Å². The number of carbonyl (C=O) groups is 2. The van der Waals surface area contributed by atoms with Crippen molar-refractivity contribution in [1.29, 1.82) is 0 Å². The molecule has 2 N–H and O–H groups in total. The van der Waals surface area contributed by atoms with E-state index in [1.165, 1.54) is 0 Å². The van der Waals surface area contributed by atoms with Gasteiger partial charge in [0.25, 0.3) is 5.91 Å². The third kappa shape index (κ3) is 2.01. The molecule has 0 spiro atoms. The van der Waals surface area contributed by atoms with Crippen LogP contribution in [-0.4, -0.2) is 22.8 Å². The van der Waals surface area contributed by atoms with Gasteiger partial charge in [-0.15, -0.1) is 0 Å². The summed E-state index contributed by atoms with van der Waals surface area (Å²) >= 11 is 0. The van der Waals surface area contributed by atoms with Crippen LogP contribution in [0.25, 0.3) is 5.76 Å². The molecule has 1 aromatic carbocycles. The van der Waals surface area contributed by atoms with E-state index >= 15 is 0 Å². The number of aliphatic hydroxyl groups is 1. The Hall–Kier alpha value is -2.10. The average molecular weight is 245 g/mol. The molecule has 4 heteroatoms. The lowest BCUT2D eigenvalue weighted by Crippen LogP contribution is -2.33. The summed E-state index contributed by atoms with van der Waals surface area (Å²) in [6, 6.07) is 8.05. The van der Waals surface area contributed by atoms with Crippen molar-refractivity contribution in [2.24, 2.45) is 5.92 Å². The summed E-state index contributed by atoms with van der Waals surface area (Å²) < 4.78 is 0. The molecule has 0 aliphatic carbocycles. The van der Waals surface area contributed by atoms with Gasteiger partial charge in [0, 0.05) is 5.56 Å². The van der Waals surface area contributed by atoms with Crippen LogP contribution in [0.1, 0.15) is 19.4 Å². The Balaban J connectivity index is 2.44. The lowest BCUT2D eigenvalue weighted by Gasteiger charge is -2.11. The number of Topliss-reactive ketones (excluding diaryl/α,β-unsaturated/α-hetero) is 1. The van der Waals surface area contributed by atoms with E-state index in [2.05, 4.69) is 5.32 Å². The largest absolute Gasteiger partial charge is 0.506 e. The van der Waals surface area contributed by atoms with Crippen LogP contribution in [0.4, 0.5) is 0 Å². The van der Waals surface area contributed by atoms with Crippen LogP contribution in [0.5, 0.6) is 0 Å². The predicted octanol–water partition coefficient (Wildman–Crippen LogP) is 1.68. The molecule has 1 aromatic rings. The van der Waals surface area contributed by atoms with Gasteiger partial charge in [-0.3, -0.25) is 9.59 Å². The molecular weight excluding hydrogens is 230 g/mol. The molecule has 0 aromatic heterocycles. The minimum absolute atomic E-state index is 0.00234. The summed E-state index contributed by atoms with van der Waals surface area (Å²) in [4.78, 5) is 23.8. The third-order valence-corrected chi connectivity index (χ3v) is 2.99. The molecule has 0 saturated carbocycles. The number of hydrogen-bond donors (Lipinski definition) is 2. The minimum atomic E-state index is -0.543. The maximum atomic E-state index is 12.1. The molecule has 94 valence electrons.